The molecule has 96 valence electrons. The van der Waals surface area contributed by atoms with Gasteiger partial charge in [-0.2, -0.15) is 5.10 Å². The molecule has 2 aromatic heterocycles. The average Bonchev–Trinajstić information content (AvgIpc) is 2.88. The van der Waals surface area contributed by atoms with Gasteiger partial charge in [-0.3, -0.25) is 5.10 Å². The van der Waals surface area contributed by atoms with Crippen molar-refractivity contribution in [1.29, 1.82) is 0 Å². The molecule has 1 unspecified atom stereocenters. The van der Waals surface area contributed by atoms with Crippen LogP contribution in [-0.2, 0) is 0 Å². The minimum Gasteiger partial charge on any atom is -0.363 e. The van der Waals surface area contributed by atoms with Gasteiger partial charge < -0.3 is 5.32 Å². The fraction of sp³-hybridized carbons (Fsp3) is 0.214. The summed E-state index contributed by atoms with van der Waals surface area (Å²) in [4.78, 5) is 8.76. The summed E-state index contributed by atoms with van der Waals surface area (Å²) in [6, 6.07) is 10.4. The highest BCUT2D eigenvalue weighted by molar-refractivity contribution is 5.85. The number of anilines is 1. The number of aryl methyl sites for hydroxylation is 1. The maximum absolute atomic E-state index is 4.46. The SMILES string of the molecule is Cc1nc(NC(C)c2ccccc2)c2cn[nH]c2n1. The van der Waals surface area contributed by atoms with Crippen LogP contribution < -0.4 is 5.32 Å². The van der Waals surface area contributed by atoms with Gasteiger partial charge in [0.1, 0.15) is 11.6 Å². The number of nitrogens with zero attached hydrogens (tertiary/aromatic N) is 3. The van der Waals surface area contributed by atoms with E-state index in [0.29, 0.717) is 0 Å². The molecule has 0 saturated carbocycles. The third-order valence-corrected chi connectivity index (χ3v) is 3.07. The molecule has 1 aromatic carbocycles. The second kappa shape index (κ2) is 4.68. The highest BCUT2D eigenvalue weighted by Gasteiger charge is 2.11. The number of aromatic nitrogens is 4. The summed E-state index contributed by atoms with van der Waals surface area (Å²) in [5, 5.41) is 11.2. The molecule has 5 nitrogen and oxygen atoms in total. The van der Waals surface area contributed by atoms with E-state index in [1.165, 1.54) is 5.56 Å². The van der Waals surface area contributed by atoms with E-state index in [0.717, 1.165) is 22.7 Å². The molecule has 3 aromatic rings. The van der Waals surface area contributed by atoms with Gasteiger partial charge in [-0.25, -0.2) is 9.97 Å². The first-order valence-corrected chi connectivity index (χ1v) is 6.23. The van der Waals surface area contributed by atoms with Crippen molar-refractivity contribution in [2.24, 2.45) is 0 Å². The molecule has 0 radical (unpaired) electrons. The number of hydrogen-bond acceptors (Lipinski definition) is 4. The van der Waals surface area contributed by atoms with E-state index < -0.39 is 0 Å². The van der Waals surface area contributed by atoms with Crippen LogP contribution in [0.2, 0.25) is 0 Å². The molecule has 2 N–H and O–H groups in total. The van der Waals surface area contributed by atoms with Gasteiger partial charge in [0.15, 0.2) is 5.65 Å². The summed E-state index contributed by atoms with van der Waals surface area (Å²) in [6.07, 6.45) is 1.74. The monoisotopic (exact) mass is 253 g/mol. The normalized spacial score (nSPS) is 12.5. The first-order valence-electron chi connectivity index (χ1n) is 6.23. The molecule has 1 atom stereocenters. The topological polar surface area (TPSA) is 66.5 Å². The lowest BCUT2D eigenvalue weighted by Crippen LogP contribution is -2.09. The first kappa shape index (κ1) is 11.6. The number of nitrogens with one attached hydrogen (secondary N) is 2. The Bertz CT molecular complexity index is 689. The van der Waals surface area contributed by atoms with Crippen LogP contribution in [-0.4, -0.2) is 20.2 Å². The lowest BCUT2D eigenvalue weighted by molar-refractivity contribution is 0.872. The Morgan fingerprint density at radius 3 is 2.74 bits per heavy atom. The maximum atomic E-state index is 4.46. The van der Waals surface area contributed by atoms with Crippen molar-refractivity contribution in [2.45, 2.75) is 19.9 Å². The van der Waals surface area contributed by atoms with Crippen LogP contribution >= 0.6 is 0 Å². The standard InChI is InChI=1S/C14H15N5/c1-9(11-6-4-3-5-7-11)16-13-12-8-15-19-14(12)18-10(2)17-13/h3-9H,1-2H3,(H2,15,16,17,18,19). The highest BCUT2D eigenvalue weighted by atomic mass is 15.2. The Morgan fingerprint density at radius 2 is 1.95 bits per heavy atom. The smallest absolute Gasteiger partial charge is 0.161 e. The van der Waals surface area contributed by atoms with E-state index in [1.807, 2.05) is 25.1 Å². The zero-order valence-corrected chi connectivity index (χ0v) is 10.9. The number of benzene rings is 1. The summed E-state index contributed by atoms with van der Waals surface area (Å²) in [5.41, 5.74) is 1.98. The van der Waals surface area contributed by atoms with Crippen molar-refractivity contribution in [3.05, 3.63) is 47.9 Å². The summed E-state index contributed by atoms with van der Waals surface area (Å²) in [5.74, 6) is 1.53. The van der Waals surface area contributed by atoms with Crippen molar-refractivity contribution in [1.82, 2.24) is 20.2 Å². The zero-order chi connectivity index (χ0) is 13.2. The molecule has 3 rings (SSSR count). The molecule has 0 aliphatic carbocycles. The second-order valence-corrected chi connectivity index (χ2v) is 4.53. The third kappa shape index (κ3) is 2.27. The first-order chi connectivity index (χ1) is 9.24. The molecule has 0 saturated heterocycles. The number of fused-ring (bicyclic) bond motifs is 1. The summed E-state index contributed by atoms with van der Waals surface area (Å²) in [6.45, 7) is 3.98. The quantitative estimate of drug-likeness (QED) is 0.753. The second-order valence-electron chi connectivity index (χ2n) is 4.53. The van der Waals surface area contributed by atoms with Crippen molar-refractivity contribution in [3.8, 4) is 0 Å². The minimum atomic E-state index is 0.175. The molecule has 0 aliphatic rings. The van der Waals surface area contributed by atoms with Crippen LogP contribution in [0.1, 0.15) is 24.4 Å². The molecule has 0 bridgehead atoms. The van der Waals surface area contributed by atoms with Crippen LogP contribution in [0.4, 0.5) is 5.82 Å². The Balaban J connectivity index is 1.95. The van der Waals surface area contributed by atoms with Crippen molar-refractivity contribution in [3.63, 3.8) is 0 Å². The summed E-state index contributed by atoms with van der Waals surface area (Å²) in [7, 11) is 0. The van der Waals surface area contributed by atoms with Crippen molar-refractivity contribution >= 4 is 16.9 Å². The summed E-state index contributed by atoms with van der Waals surface area (Å²) >= 11 is 0. The van der Waals surface area contributed by atoms with Crippen LogP contribution in [0.3, 0.4) is 0 Å². The molecular formula is C14H15N5. The van der Waals surface area contributed by atoms with Gasteiger partial charge >= 0.3 is 0 Å². The zero-order valence-electron chi connectivity index (χ0n) is 10.9. The van der Waals surface area contributed by atoms with Gasteiger partial charge in [-0.1, -0.05) is 30.3 Å². The van der Waals surface area contributed by atoms with E-state index >= 15 is 0 Å². The molecule has 0 amide bonds. The number of H-pyrrole nitrogens is 1. The third-order valence-electron chi connectivity index (χ3n) is 3.07. The molecule has 5 heteroatoms. The Kier molecular flexibility index (Phi) is 2.87. The average molecular weight is 253 g/mol. The predicted molar refractivity (Wildman–Crippen MR) is 74.9 cm³/mol. The van der Waals surface area contributed by atoms with E-state index in [9.17, 15) is 0 Å². The lowest BCUT2D eigenvalue weighted by Gasteiger charge is -2.15. The van der Waals surface area contributed by atoms with Gasteiger partial charge in [0.2, 0.25) is 0 Å². The van der Waals surface area contributed by atoms with E-state index in [4.69, 9.17) is 0 Å². The fourth-order valence-corrected chi connectivity index (χ4v) is 2.09. The van der Waals surface area contributed by atoms with Crippen molar-refractivity contribution < 1.29 is 0 Å². The summed E-state index contributed by atoms with van der Waals surface area (Å²) < 4.78 is 0. The van der Waals surface area contributed by atoms with Gasteiger partial charge in [0, 0.05) is 6.04 Å². The van der Waals surface area contributed by atoms with Crippen LogP contribution in [0, 0.1) is 6.92 Å². The highest BCUT2D eigenvalue weighted by Crippen LogP contribution is 2.23. The molecule has 0 aliphatic heterocycles. The van der Waals surface area contributed by atoms with Crippen LogP contribution in [0.15, 0.2) is 36.5 Å². The van der Waals surface area contributed by atoms with Crippen LogP contribution in [0.5, 0.6) is 0 Å². The largest absolute Gasteiger partial charge is 0.363 e. The van der Waals surface area contributed by atoms with Crippen LogP contribution in [0.25, 0.3) is 11.0 Å². The van der Waals surface area contributed by atoms with Gasteiger partial charge in [0.05, 0.1) is 11.6 Å². The van der Waals surface area contributed by atoms with E-state index in [2.05, 4.69) is 44.5 Å². The maximum Gasteiger partial charge on any atom is 0.161 e. The molecular weight excluding hydrogens is 238 g/mol. The van der Waals surface area contributed by atoms with E-state index in [1.54, 1.807) is 6.20 Å². The molecule has 19 heavy (non-hydrogen) atoms. The van der Waals surface area contributed by atoms with Gasteiger partial charge in [-0.15, -0.1) is 0 Å². The number of hydrogen-bond donors (Lipinski definition) is 2. The van der Waals surface area contributed by atoms with Crippen molar-refractivity contribution in [2.75, 3.05) is 5.32 Å². The Hall–Kier alpha value is -2.43. The van der Waals surface area contributed by atoms with Gasteiger partial charge in [-0.05, 0) is 19.4 Å². The molecule has 0 fully saturated rings. The number of aromatic amines is 1. The van der Waals surface area contributed by atoms with E-state index in [-0.39, 0.29) is 6.04 Å². The minimum absolute atomic E-state index is 0.175. The fourth-order valence-electron chi connectivity index (χ4n) is 2.09. The lowest BCUT2D eigenvalue weighted by atomic mass is 10.1. The number of rotatable bonds is 3. The Morgan fingerprint density at radius 1 is 1.16 bits per heavy atom. The Labute approximate surface area is 111 Å². The molecule has 0 spiro atoms. The van der Waals surface area contributed by atoms with Gasteiger partial charge in [0.25, 0.3) is 0 Å². The molecule has 2 heterocycles. The predicted octanol–water partition coefficient (Wildman–Crippen LogP) is 2.83.